The van der Waals surface area contributed by atoms with Crippen molar-refractivity contribution in [2.45, 2.75) is 46.1 Å². The minimum absolute atomic E-state index is 0.0588. The van der Waals surface area contributed by atoms with Gasteiger partial charge < -0.3 is 14.7 Å². The summed E-state index contributed by atoms with van der Waals surface area (Å²) in [6.45, 7) is 6.45. The molecule has 1 aromatic carbocycles. The van der Waals surface area contributed by atoms with Gasteiger partial charge in [0.25, 0.3) is 0 Å². The third kappa shape index (κ3) is 3.21. The van der Waals surface area contributed by atoms with E-state index in [1.54, 1.807) is 6.92 Å². The van der Waals surface area contributed by atoms with Crippen LogP contribution in [-0.4, -0.2) is 22.6 Å². The first-order chi connectivity index (χ1) is 11.1. The fraction of sp³-hybridized carbons (Fsp3) is 0.471. The van der Waals surface area contributed by atoms with E-state index in [1.165, 1.54) is 5.56 Å². The van der Waals surface area contributed by atoms with Crippen LogP contribution < -0.4 is 10.2 Å². The Bertz CT molecular complexity index is 710. The van der Waals surface area contributed by atoms with Crippen LogP contribution in [0.4, 0.5) is 11.4 Å². The van der Waals surface area contributed by atoms with Gasteiger partial charge in [0.15, 0.2) is 5.82 Å². The number of rotatable bonds is 5. The second kappa shape index (κ2) is 6.40. The highest BCUT2D eigenvalue weighted by Crippen LogP contribution is 2.31. The largest absolute Gasteiger partial charge is 0.374 e. The predicted octanol–water partition coefficient (Wildman–Crippen LogP) is 3.10. The van der Waals surface area contributed by atoms with Crippen LogP contribution in [0.5, 0.6) is 0 Å². The minimum atomic E-state index is -0.0588. The first-order valence-electron chi connectivity index (χ1n) is 8.08. The van der Waals surface area contributed by atoms with Crippen molar-refractivity contribution >= 4 is 17.3 Å². The molecule has 2 aromatic rings. The molecular weight excluding hydrogens is 292 g/mol. The molecule has 6 heteroatoms. The van der Waals surface area contributed by atoms with Crippen molar-refractivity contribution in [3.8, 4) is 0 Å². The van der Waals surface area contributed by atoms with Crippen LogP contribution >= 0.6 is 0 Å². The van der Waals surface area contributed by atoms with Crippen molar-refractivity contribution in [1.82, 2.24) is 10.1 Å². The molecule has 2 heterocycles. The normalized spacial score (nSPS) is 14.7. The number of aromatic nitrogens is 2. The molecule has 6 nitrogen and oxygen atoms in total. The zero-order chi connectivity index (χ0) is 16.4. The number of nitrogens with one attached hydrogen (secondary N) is 1. The number of benzene rings is 1. The average molecular weight is 314 g/mol. The molecule has 1 aromatic heterocycles. The van der Waals surface area contributed by atoms with E-state index >= 15 is 0 Å². The van der Waals surface area contributed by atoms with Gasteiger partial charge in [0.1, 0.15) is 6.04 Å². The molecular formula is C17H22N4O2. The second-order valence-electron chi connectivity index (χ2n) is 5.93. The first kappa shape index (κ1) is 15.5. The van der Waals surface area contributed by atoms with Crippen molar-refractivity contribution in [3.05, 3.63) is 35.5 Å². The molecule has 122 valence electrons. The van der Waals surface area contributed by atoms with E-state index < -0.39 is 0 Å². The summed E-state index contributed by atoms with van der Waals surface area (Å²) in [6, 6.07) is 6.02. The van der Waals surface area contributed by atoms with Gasteiger partial charge in [-0.25, -0.2) is 0 Å². The monoisotopic (exact) mass is 314 g/mol. The number of anilines is 2. The summed E-state index contributed by atoms with van der Waals surface area (Å²) in [7, 11) is 0. The van der Waals surface area contributed by atoms with Crippen molar-refractivity contribution in [2.24, 2.45) is 0 Å². The summed E-state index contributed by atoms with van der Waals surface area (Å²) in [5.41, 5.74) is 3.20. The van der Waals surface area contributed by atoms with Crippen LogP contribution in [0, 0.1) is 0 Å². The Labute approximate surface area is 135 Å². The van der Waals surface area contributed by atoms with Crippen LogP contribution in [0.25, 0.3) is 0 Å². The van der Waals surface area contributed by atoms with E-state index in [-0.39, 0.29) is 11.9 Å². The number of nitrogens with zero attached hydrogens (tertiary/aromatic N) is 3. The molecule has 23 heavy (non-hydrogen) atoms. The molecule has 0 fully saturated rings. The van der Waals surface area contributed by atoms with E-state index in [1.807, 2.05) is 24.0 Å². The number of fused-ring (bicyclic) bond motifs is 1. The van der Waals surface area contributed by atoms with E-state index in [9.17, 15) is 4.79 Å². The van der Waals surface area contributed by atoms with Gasteiger partial charge in [-0.1, -0.05) is 12.1 Å². The molecule has 0 saturated heterocycles. The summed E-state index contributed by atoms with van der Waals surface area (Å²) in [5.74, 6) is 1.44. The van der Waals surface area contributed by atoms with E-state index in [0.29, 0.717) is 5.89 Å². The predicted molar refractivity (Wildman–Crippen MR) is 88.5 cm³/mol. The van der Waals surface area contributed by atoms with E-state index in [4.69, 9.17) is 4.52 Å². The lowest BCUT2D eigenvalue weighted by Crippen LogP contribution is -2.25. The number of carbonyl (C=O) groups is 1. The van der Waals surface area contributed by atoms with Gasteiger partial charge in [0.05, 0.1) is 0 Å². The molecule has 3 rings (SSSR count). The Morgan fingerprint density at radius 1 is 1.48 bits per heavy atom. The molecule has 0 spiro atoms. The minimum Gasteiger partial charge on any atom is -0.374 e. The van der Waals surface area contributed by atoms with Crippen LogP contribution in [0.1, 0.15) is 50.5 Å². The molecule has 1 unspecified atom stereocenters. The van der Waals surface area contributed by atoms with Crippen LogP contribution in [0.2, 0.25) is 0 Å². The average Bonchev–Trinajstić information content (AvgIpc) is 3.13. The maximum absolute atomic E-state index is 11.6. The van der Waals surface area contributed by atoms with Gasteiger partial charge in [0, 0.05) is 31.3 Å². The number of hydrogen-bond acceptors (Lipinski definition) is 5. The summed E-state index contributed by atoms with van der Waals surface area (Å²) >= 11 is 0. The Kier molecular flexibility index (Phi) is 4.32. The summed E-state index contributed by atoms with van der Waals surface area (Å²) in [6.07, 6.45) is 2.72. The van der Waals surface area contributed by atoms with Crippen molar-refractivity contribution < 1.29 is 9.32 Å². The SMILES string of the molecule is CCCc1noc(C(C)Nc2ccc3c(c2)CCN3C(C)=O)n1. The van der Waals surface area contributed by atoms with Crippen molar-refractivity contribution in [1.29, 1.82) is 0 Å². The second-order valence-corrected chi connectivity index (χ2v) is 5.93. The van der Waals surface area contributed by atoms with E-state index in [2.05, 4.69) is 28.4 Å². The third-order valence-electron chi connectivity index (χ3n) is 4.07. The Morgan fingerprint density at radius 2 is 2.30 bits per heavy atom. The number of amides is 1. The lowest BCUT2D eigenvalue weighted by atomic mass is 10.1. The van der Waals surface area contributed by atoms with Gasteiger partial charge >= 0.3 is 0 Å². The zero-order valence-electron chi connectivity index (χ0n) is 13.8. The van der Waals surface area contributed by atoms with Gasteiger partial charge in [-0.05, 0) is 43.5 Å². The lowest BCUT2D eigenvalue weighted by Gasteiger charge is -2.16. The van der Waals surface area contributed by atoms with Gasteiger partial charge in [0.2, 0.25) is 11.8 Å². The van der Waals surface area contributed by atoms with Crippen LogP contribution in [-0.2, 0) is 17.6 Å². The Morgan fingerprint density at radius 3 is 3.04 bits per heavy atom. The fourth-order valence-corrected chi connectivity index (χ4v) is 2.90. The highest BCUT2D eigenvalue weighted by molar-refractivity contribution is 5.94. The van der Waals surface area contributed by atoms with Gasteiger partial charge in [-0.3, -0.25) is 4.79 Å². The first-order valence-corrected chi connectivity index (χ1v) is 8.08. The van der Waals surface area contributed by atoms with Crippen LogP contribution in [0.15, 0.2) is 22.7 Å². The molecule has 0 radical (unpaired) electrons. The topological polar surface area (TPSA) is 71.3 Å². The summed E-state index contributed by atoms with van der Waals surface area (Å²) < 4.78 is 5.32. The molecule has 1 aliphatic rings. The highest BCUT2D eigenvalue weighted by Gasteiger charge is 2.22. The maximum Gasteiger partial charge on any atom is 0.248 e. The third-order valence-corrected chi connectivity index (χ3v) is 4.07. The maximum atomic E-state index is 11.6. The van der Waals surface area contributed by atoms with Crippen molar-refractivity contribution in [3.63, 3.8) is 0 Å². The molecule has 1 amide bonds. The summed E-state index contributed by atoms with van der Waals surface area (Å²) in [5, 5.41) is 7.37. The highest BCUT2D eigenvalue weighted by atomic mass is 16.5. The smallest absolute Gasteiger partial charge is 0.248 e. The lowest BCUT2D eigenvalue weighted by molar-refractivity contribution is -0.116. The number of carbonyl (C=O) groups excluding carboxylic acids is 1. The summed E-state index contributed by atoms with van der Waals surface area (Å²) in [4.78, 5) is 17.8. The zero-order valence-corrected chi connectivity index (χ0v) is 13.8. The molecule has 0 bridgehead atoms. The molecule has 0 aliphatic carbocycles. The standard InChI is InChI=1S/C17H22N4O2/c1-4-5-16-19-17(23-20-16)11(2)18-14-6-7-15-13(10-14)8-9-21(15)12(3)22/h6-7,10-11,18H,4-5,8-9H2,1-3H3. The quantitative estimate of drug-likeness (QED) is 0.918. The van der Waals surface area contributed by atoms with Gasteiger partial charge in [-0.2, -0.15) is 4.98 Å². The number of hydrogen-bond donors (Lipinski definition) is 1. The van der Waals surface area contributed by atoms with Crippen molar-refractivity contribution in [2.75, 3.05) is 16.8 Å². The van der Waals surface area contributed by atoms with E-state index in [0.717, 1.165) is 43.0 Å². The molecule has 1 aliphatic heterocycles. The van der Waals surface area contributed by atoms with Crippen LogP contribution in [0.3, 0.4) is 0 Å². The Hall–Kier alpha value is -2.37. The molecule has 0 saturated carbocycles. The fourth-order valence-electron chi connectivity index (χ4n) is 2.90. The molecule has 1 atom stereocenters. The number of aryl methyl sites for hydroxylation is 1. The van der Waals surface area contributed by atoms with Gasteiger partial charge in [-0.15, -0.1) is 0 Å². The Balaban J connectivity index is 1.72. The molecule has 1 N–H and O–H groups in total.